The maximum atomic E-state index is 12.7. The summed E-state index contributed by atoms with van der Waals surface area (Å²) in [5.41, 5.74) is 2.31. The van der Waals surface area contributed by atoms with Crippen molar-refractivity contribution in [3.8, 4) is 0 Å². The fourth-order valence-electron chi connectivity index (χ4n) is 2.86. The van der Waals surface area contributed by atoms with E-state index in [-0.39, 0.29) is 24.9 Å². The van der Waals surface area contributed by atoms with Gasteiger partial charge in [0.1, 0.15) is 13.1 Å². The number of amides is 2. The highest BCUT2D eigenvalue weighted by molar-refractivity contribution is 6.35. The zero-order valence-corrected chi connectivity index (χ0v) is 15.2. The molecule has 0 bridgehead atoms. The fraction of sp³-hybridized carbons (Fsp3) is 0.222. The third-order valence-electron chi connectivity index (χ3n) is 4.03. The lowest BCUT2D eigenvalue weighted by molar-refractivity contribution is -0.885. The van der Waals surface area contributed by atoms with Crippen LogP contribution in [-0.2, 0) is 16.1 Å². The third kappa shape index (κ3) is 4.12. The molecule has 1 heterocycles. The number of fused-ring (bicyclic) bond motifs is 1. The normalized spacial score (nSPS) is 14.7. The highest BCUT2D eigenvalue weighted by atomic mass is 35.5. The lowest BCUT2D eigenvalue weighted by Gasteiger charge is -2.29. The number of benzene rings is 2. The molecule has 0 saturated carbocycles. The molecular weight excluding hydrogens is 361 g/mol. The summed E-state index contributed by atoms with van der Waals surface area (Å²) in [7, 11) is 1.92. The van der Waals surface area contributed by atoms with Crippen molar-refractivity contribution in [3.05, 3.63) is 58.1 Å². The van der Waals surface area contributed by atoms with Gasteiger partial charge in [-0.25, -0.2) is 0 Å². The second-order valence-corrected chi connectivity index (χ2v) is 6.94. The predicted octanol–water partition coefficient (Wildman–Crippen LogP) is 1.99. The smallest absolute Gasteiger partial charge is 0.282 e. The van der Waals surface area contributed by atoms with E-state index < -0.39 is 0 Å². The van der Waals surface area contributed by atoms with Crippen LogP contribution in [0.15, 0.2) is 42.5 Å². The number of hydrogen-bond acceptors (Lipinski definition) is 2. The average Bonchev–Trinajstić information content (AvgIpc) is 2.56. The van der Waals surface area contributed by atoms with Crippen molar-refractivity contribution in [2.75, 3.05) is 30.4 Å². The molecule has 0 radical (unpaired) electrons. The van der Waals surface area contributed by atoms with E-state index in [1.807, 2.05) is 31.3 Å². The van der Waals surface area contributed by atoms with E-state index in [4.69, 9.17) is 23.2 Å². The van der Waals surface area contributed by atoms with Gasteiger partial charge in [0.15, 0.2) is 6.54 Å². The van der Waals surface area contributed by atoms with Crippen molar-refractivity contribution < 1.29 is 14.5 Å². The summed E-state index contributed by atoms with van der Waals surface area (Å²) in [6, 6.07) is 12.6. The largest absolute Gasteiger partial charge is 0.326 e. The zero-order chi connectivity index (χ0) is 18.0. The first-order valence-electron chi connectivity index (χ1n) is 7.88. The first-order valence-corrected chi connectivity index (χ1v) is 8.64. The van der Waals surface area contributed by atoms with Crippen molar-refractivity contribution in [3.63, 3.8) is 0 Å². The molecule has 1 aliphatic rings. The van der Waals surface area contributed by atoms with Crippen molar-refractivity contribution in [2.45, 2.75) is 6.54 Å². The third-order valence-corrected chi connectivity index (χ3v) is 4.62. The molecule has 2 N–H and O–H groups in total. The van der Waals surface area contributed by atoms with E-state index in [1.165, 1.54) is 4.90 Å². The second kappa shape index (κ2) is 7.44. The number of nitrogens with zero attached hydrogens (tertiary/aromatic N) is 1. The molecule has 0 aliphatic carbocycles. The van der Waals surface area contributed by atoms with E-state index in [1.54, 1.807) is 18.2 Å². The molecule has 25 heavy (non-hydrogen) atoms. The number of likely N-dealkylation sites (N-methyl/N-ethyl adjacent to an activating group) is 1. The van der Waals surface area contributed by atoms with Gasteiger partial charge in [0.25, 0.3) is 5.91 Å². The van der Waals surface area contributed by atoms with Crippen LogP contribution in [0.2, 0.25) is 10.0 Å². The monoisotopic (exact) mass is 378 g/mol. The van der Waals surface area contributed by atoms with E-state index >= 15 is 0 Å². The van der Waals surface area contributed by atoms with E-state index in [9.17, 15) is 9.59 Å². The first-order chi connectivity index (χ1) is 11.9. The summed E-state index contributed by atoms with van der Waals surface area (Å²) in [5, 5.41) is 3.95. The molecule has 7 heteroatoms. The van der Waals surface area contributed by atoms with Crippen LogP contribution in [0.25, 0.3) is 0 Å². The van der Waals surface area contributed by atoms with Gasteiger partial charge >= 0.3 is 0 Å². The van der Waals surface area contributed by atoms with Gasteiger partial charge in [-0.1, -0.05) is 41.4 Å². The van der Waals surface area contributed by atoms with Gasteiger partial charge in [0, 0.05) is 10.6 Å². The molecule has 0 aromatic heterocycles. The number of nitrogens with one attached hydrogen (secondary N) is 2. The molecule has 0 fully saturated rings. The van der Waals surface area contributed by atoms with E-state index in [0.29, 0.717) is 22.3 Å². The molecule has 1 atom stereocenters. The Bertz CT molecular complexity index is 826. The number of carbonyl (C=O) groups is 2. The Morgan fingerprint density at radius 3 is 2.76 bits per heavy atom. The van der Waals surface area contributed by atoms with Crippen LogP contribution in [-0.4, -0.2) is 32.0 Å². The van der Waals surface area contributed by atoms with Crippen molar-refractivity contribution in [2.24, 2.45) is 0 Å². The summed E-state index contributed by atoms with van der Waals surface area (Å²) in [6.07, 6.45) is 0. The Morgan fingerprint density at radius 1 is 1.24 bits per heavy atom. The molecule has 0 saturated heterocycles. The highest BCUT2D eigenvalue weighted by Gasteiger charge is 2.28. The molecule has 130 valence electrons. The van der Waals surface area contributed by atoms with Gasteiger partial charge in [-0.2, -0.15) is 0 Å². The van der Waals surface area contributed by atoms with Crippen LogP contribution in [0.4, 0.5) is 11.4 Å². The Labute approximate surface area is 156 Å². The minimum absolute atomic E-state index is 0.0326. The molecule has 1 aliphatic heterocycles. The number of carbonyl (C=O) groups excluding carboxylic acids is 2. The summed E-state index contributed by atoms with van der Waals surface area (Å²) < 4.78 is 0. The van der Waals surface area contributed by atoms with Crippen LogP contribution in [0.3, 0.4) is 0 Å². The molecule has 2 amide bonds. The minimum atomic E-state index is -0.189. The second-order valence-electron chi connectivity index (χ2n) is 6.09. The van der Waals surface area contributed by atoms with Gasteiger partial charge in [-0.15, -0.1) is 0 Å². The Balaban J connectivity index is 1.70. The van der Waals surface area contributed by atoms with Crippen molar-refractivity contribution in [1.29, 1.82) is 0 Å². The number of rotatable bonds is 4. The van der Waals surface area contributed by atoms with Crippen LogP contribution < -0.4 is 15.1 Å². The van der Waals surface area contributed by atoms with E-state index in [2.05, 4.69) is 5.32 Å². The van der Waals surface area contributed by atoms with Crippen molar-refractivity contribution in [1.82, 2.24) is 0 Å². The SMILES string of the molecule is C[NH+](CC(=O)N1CC(=O)Nc2ccccc21)Cc1ccc(Cl)cc1Cl. The molecule has 1 unspecified atom stereocenters. The van der Waals surface area contributed by atoms with Crippen LogP contribution >= 0.6 is 23.2 Å². The average molecular weight is 379 g/mol. The molecular formula is C18H18Cl2N3O2+. The molecule has 0 spiro atoms. The summed E-state index contributed by atoms with van der Waals surface area (Å²) >= 11 is 12.1. The van der Waals surface area contributed by atoms with E-state index in [0.717, 1.165) is 16.2 Å². The number of anilines is 2. The van der Waals surface area contributed by atoms with Gasteiger partial charge < -0.3 is 10.2 Å². The van der Waals surface area contributed by atoms with Crippen molar-refractivity contribution >= 4 is 46.4 Å². The maximum Gasteiger partial charge on any atom is 0.282 e. The lowest BCUT2D eigenvalue weighted by atomic mass is 10.2. The summed E-state index contributed by atoms with van der Waals surface area (Å²) in [5.74, 6) is -0.296. The molecule has 3 rings (SSSR count). The van der Waals surface area contributed by atoms with Gasteiger partial charge in [-0.05, 0) is 24.3 Å². The first kappa shape index (κ1) is 17.7. The minimum Gasteiger partial charge on any atom is -0.326 e. The Hall–Kier alpha value is -2.08. The van der Waals surface area contributed by atoms with Crippen LogP contribution in [0, 0.1) is 0 Å². The Morgan fingerprint density at radius 2 is 2.00 bits per heavy atom. The molecule has 2 aromatic carbocycles. The zero-order valence-electron chi connectivity index (χ0n) is 13.7. The molecule has 2 aromatic rings. The number of para-hydroxylation sites is 2. The number of quaternary nitrogens is 1. The highest BCUT2D eigenvalue weighted by Crippen LogP contribution is 2.28. The van der Waals surface area contributed by atoms with Gasteiger partial charge in [0.2, 0.25) is 5.91 Å². The Kier molecular flexibility index (Phi) is 5.27. The lowest BCUT2D eigenvalue weighted by Crippen LogP contribution is -3.09. The van der Waals surface area contributed by atoms with Gasteiger partial charge in [0.05, 0.1) is 23.4 Å². The van der Waals surface area contributed by atoms with Crippen LogP contribution in [0.1, 0.15) is 5.56 Å². The predicted molar refractivity (Wildman–Crippen MR) is 99.3 cm³/mol. The standard InChI is InChI=1S/C18H17Cl2N3O2/c1-22(9-12-6-7-13(19)8-14(12)20)11-18(25)23-10-17(24)21-15-4-2-3-5-16(15)23/h2-8H,9-11H2,1H3,(H,21,24)/p+1. The molecule has 5 nitrogen and oxygen atoms in total. The fourth-order valence-corrected chi connectivity index (χ4v) is 3.34. The number of hydrogen-bond donors (Lipinski definition) is 2. The van der Waals surface area contributed by atoms with Crippen LogP contribution in [0.5, 0.6) is 0 Å². The summed E-state index contributed by atoms with van der Waals surface area (Å²) in [6.45, 7) is 0.870. The quantitative estimate of drug-likeness (QED) is 0.854. The number of halogens is 2. The topological polar surface area (TPSA) is 53.9 Å². The maximum absolute atomic E-state index is 12.7. The van der Waals surface area contributed by atoms with Gasteiger partial charge in [-0.3, -0.25) is 14.5 Å². The summed E-state index contributed by atoms with van der Waals surface area (Å²) in [4.78, 5) is 27.1.